The van der Waals surface area contributed by atoms with Crippen molar-refractivity contribution in [3.8, 4) is 0 Å². The third-order valence-electron chi connectivity index (χ3n) is 9.48. The van der Waals surface area contributed by atoms with Crippen LogP contribution in [0.3, 0.4) is 0 Å². The Morgan fingerprint density at radius 3 is 1.75 bits per heavy atom. The molecule has 0 atom stereocenters. The van der Waals surface area contributed by atoms with Gasteiger partial charge < -0.3 is 20.4 Å². The second kappa shape index (κ2) is 25.5. The number of carbonyl (C=O) groups excluding carboxylic acids is 4. The molecule has 0 unspecified atom stereocenters. The lowest BCUT2D eigenvalue weighted by molar-refractivity contribution is -0.137. The van der Waals surface area contributed by atoms with E-state index in [1.54, 1.807) is 89.3 Å². The van der Waals surface area contributed by atoms with Crippen LogP contribution in [0.15, 0.2) is 91.0 Å². The van der Waals surface area contributed by atoms with Crippen molar-refractivity contribution in [3.05, 3.63) is 119 Å². The van der Waals surface area contributed by atoms with Gasteiger partial charge in [0.15, 0.2) is 0 Å². The minimum absolute atomic E-state index is 0.0696. The highest BCUT2D eigenvalue weighted by molar-refractivity contribution is 5.95. The molecule has 12 nitrogen and oxygen atoms in total. The van der Waals surface area contributed by atoms with Crippen molar-refractivity contribution in [2.45, 2.75) is 77.3 Å². The Morgan fingerprint density at radius 1 is 0.656 bits per heavy atom. The zero-order valence-corrected chi connectivity index (χ0v) is 34.2. The Morgan fingerprint density at radius 2 is 1.20 bits per heavy atom. The number of hydroxylamine groups is 2. The van der Waals surface area contributed by atoms with Gasteiger partial charge in [-0.15, -0.1) is 0 Å². The maximum absolute atomic E-state index is 13.7. The smallest absolute Gasteiger partial charge is 0.352 e. The fourth-order valence-corrected chi connectivity index (χ4v) is 6.18. The molecule has 0 aliphatic heterocycles. The van der Waals surface area contributed by atoms with Gasteiger partial charge in [-0.1, -0.05) is 43.9 Å². The van der Waals surface area contributed by atoms with E-state index in [2.05, 4.69) is 10.6 Å². The van der Waals surface area contributed by atoms with Gasteiger partial charge in [0.1, 0.15) is 17.3 Å². The molecule has 0 aliphatic rings. The van der Waals surface area contributed by atoms with Gasteiger partial charge in [0.05, 0.1) is 11.3 Å². The number of halogens is 5. The lowest BCUT2D eigenvalue weighted by atomic mass is 10.1. The quantitative estimate of drug-likeness (QED) is 0.0209. The molecule has 0 saturated heterocycles. The molecule has 61 heavy (non-hydrogen) atoms. The number of rotatable bonds is 21. The highest BCUT2D eigenvalue weighted by atomic mass is 19.4. The number of para-hydroxylation sites is 2. The van der Waals surface area contributed by atoms with Crippen LogP contribution in [-0.2, 0) is 15.8 Å². The molecule has 0 fully saturated rings. The number of carbonyl (C=O) groups is 4. The van der Waals surface area contributed by atoms with Gasteiger partial charge in [0.2, 0.25) is 11.8 Å². The van der Waals surface area contributed by atoms with E-state index < -0.39 is 35.2 Å². The van der Waals surface area contributed by atoms with Crippen molar-refractivity contribution in [1.82, 2.24) is 21.2 Å². The fourth-order valence-electron chi connectivity index (χ4n) is 6.18. The molecule has 0 heterocycles. The van der Waals surface area contributed by atoms with Gasteiger partial charge in [-0.3, -0.25) is 29.6 Å². The number of hydrogen-bond acceptors (Lipinski definition) is 8. The zero-order valence-electron chi connectivity index (χ0n) is 34.2. The number of nitrogens with zero attached hydrogens (tertiary/aromatic N) is 2. The Kier molecular flexibility index (Phi) is 20.6. The molecule has 330 valence electrons. The van der Waals surface area contributed by atoms with E-state index in [9.17, 15) is 41.1 Å². The molecule has 4 amide bonds. The molecule has 4 rings (SSSR count). The summed E-state index contributed by atoms with van der Waals surface area (Å²) in [6, 6.07) is 21.9. The van der Waals surface area contributed by atoms with Crippen molar-refractivity contribution in [2.75, 3.05) is 36.9 Å². The summed E-state index contributed by atoms with van der Waals surface area (Å²) in [4.78, 5) is 49.8. The van der Waals surface area contributed by atoms with E-state index in [0.29, 0.717) is 55.0 Å². The topological polar surface area (TPSA) is 163 Å². The molecule has 17 heteroatoms. The Bertz CT molecular complexity index is 1980. The summed E-state index contributed by atoms with van der Waals surface area (Å²) in [7, 11) is 1.70. The van der Waals surface area contributed by atoms with Crippen LogP contribution >= 0.6 is 0 Å². The van der Waals surface area contributed by atoms with Crippen molar-refractivity contribution in [3.63, 3.8) is 0 Å². The molecule has 6 N–H and O–H groups in total. The van der Waals surface area contributed by atoms with Gasteiger partial charge in [0.25, 0.3) is 11.8 Å². The average molecular weight is 857 g/mol. The van der Waals surface area contributed by atoms with Crippen LogP contribution in [0, 0.1) is 11.6 Å². The molecule has 0 aromatic heterocycles. The maximum Gasteiger partial charge on any atom is 0.418 e. The lowest BCUT2D eigenvalue weighted by Gasteiger charge is -2.27. The van der Waals surface area contributed by atoms with Crippen molar-refractivity contribution < 1.29 is 51.5 Å². The van der Waals surface area contributed by atoms with Crippen LogP contribution in [0.1, 0.15) is 97.4 Å². The second-order valence-corrected chi connectivity index (χ2v) is 14.0. The predicted octanol–water partition coefficient (Wildman–Crippen LogP) is 9.29. The molecule has 4 aromatic carbocycles. The first-order valence-electron chi connectivity index (χ1n) is 19.9. The number of nitrogens with one attached hydrogen (secondary N) is 4. The first kappa shape index (κ1) is 49.3. The third kappa shape index (κ3) is 16.5. The Labute approximate surface area is 352 Å². The first-order chi connectivity index (χ1) is 29.2. The molecule has 0 radical (unpaired) electrons. The molecule has 0 bridgehead atoms. The molecule has 0 spiro atoms. The molecule has 4 aromatic rings. The largest absolute Gasteiger partial charge is 0.418 e. The summed E-state index contributed by atoms with van der Waals surface area (Å²) < 4.78 is 67.6. The van der Waals surface area contributed by atoms with Crippen molar-refractivity contribution in [1.29, 1.82) is 0 Å². The van der Waals surface area contributed by atoms with E-state index in [4.69, 9.17) is 10.4 Å². The van der Waals surface area contributed by atoms with Crippen LogP contribution in [0.4, 0.5) is 44.7 Å². The SMILES string of the molecule is CCN(c1ccc(C(=O)N(C)CCCCCCC(=O)NO)cc1)c1ccccc1C(F)(F)F.O=C(CCCCCCNC(=O)c1ccc(Nc2c(F)cccc2F)cc1)NO. The lowest BCUT2D eigenvalue weighted by Crippen LogP contribution is -2.27. The summed E-state index contributed by atoms with van der Waals surface area (Å²) in [5, 5.41) is 22.3. The summed E-state index contributed by atoms with van der Waals surface area (Å²) >= 11 is 0. The van der Waals surface area contributed by atoms with Gasteiger partial charge in [0, 0.05) is 62.0 Å². The summed E-state index contributed by atoms with van der Waals surface area (Å²) in [5.74, 6) is -2.60. The minimum Gasteiger partial charge on any atom is -0.352 e. The van der Waals surface area contributed by atoms with Crippen LogP contribution < -0.4 is 26.5 Å². The van der Waals surface area contributed by atoms with Gasteiger partial charge in [-0.05, 0) is 105 Å². The average Bonchev–Trinajstić information content (AvgIpc) is 3.26. The zero-order chi connectivity index (χ0) is 44.8. The second-order valence-electron chi connectivity index (χ2n) is 14.0. The van der Waals surface area contributed by atoms with Gasteiger partial charge >= 0.3 is 6.18 Å². The van der Waals surface area contributed by atoms with E-state index in [-0.39, 0.29) is 36.0 Å². The molecular weight excluding hydrogens is 804 g/mol. The van der Waals surface area contributed by atoms with Crippen molar-refractivity contribution in [2.24, 2.45) is 0 Å². The summed E-state index contributed by atoms with van der Waals surface area (Å²) in [5.41, 5.74) is 4.24. The number of benzene rings is 4. The van der Waals surface area contributed by atoms with Gasteiger partial charge in [-0.25, -0.2) is 19.7 Å². The molecule has 0 saturated carbocycles. The van der Waals surface area contributed by atoms with Crippen LogP contribution in [0.2, 0.25) is 0 Å². The number of alkyl halides is 3. The Hall–Kier alpha value is -6.07. The number of amides is 4. The third-order valence-corrected chi connectivity index (χ3v) is 9.48. The van der Waals surface area contributed by atoms with Crippen LogP contribution in [0.5, 0.6) is 0 Å². The van der Waals surface area contributed by atoms with E-state index in [1.165, 1.54) is 18.2 Å². The van der Waals surface area contributed by atoms with Crippen LogP contribution in [-0.4, -0.2) is 65.6 Å². The monoisotopic (exact) mass is 856 g/mol. The van der Waals surface area contributed by atoms with E-state index in [1.807, 2.05) is 0 Å². The minimum atomic E-state index is -4.46. The fraction of sp³-hybridized carbons (Fsp3) is 0.364. The van der Waals surface area contributed by atoms with Gasteiger partial charge in [-0.2, -0.15) is 13.2 Å². The van der Waals surface area contributed by atoms with E-state index in [0.717, 1.165) is 56.7 Å². The van der Waals surface area contributed by atoms with Crippen molar-refractivity contribution >= 4 is 46.4 Å². The standard InChI is InChI=1S/C24H30F3N3O3.C20H23F2N3O3/c1-3-30(21-11-8-7-10-20(21)24(25,26)27)19-15-13-18(14-16-19)23(32)29(2)17-9-5-4-6-12-22(31)28-33;21-16-6-5-7-17(22)19(16)24-15-11-9-14(10-12-15)20(27)23-13-4-2-1-3-8-18(26)25-28/h7-8,10-11,13-16,33H,3-6,9,12,17H2,1-2H3,(H,28,31);5-7,9-12,24,28H,1-4,8,13H2,(H,23,27)(H,25,26). The molecule has 0 aliphatic carbocycles. The predicted molar refractivity (Wildman–Crippen MR) is 222 cm³/mol. The van der Waals surface area contributed by atoms with Crippen LogP contribution in [0.25, 0.3) is 0 Å². The first-order valence-corrected chi connectivity index (χ1v) is 19.9. The summed E-state index contributed by atoms with van der Waals surface area (Å²) in [6.45, 7) is 3.16. The number of hydrogen-bond donors (Lipinski definition) is 6. The highest BCUT2D eigenvalue weighted by Crippen LogP contribution is 2.39. The summed E-state index contributed by atoms with van der Waals surface area (Å²) in [6.07, 6.45) is 2.32. The number of unbranched alkanes of at least 4 members (excludes halogenated alkanes) is 6. The maximum atomic E-state index is 13.7. The highest BCUT2D eigenvalue weighted by Gasteiger charge is 2.34. The normalized spacial score (nSPS) is 10.8. The Balaban J connectivity index is 0.000000330. The number of anilines is 4. The van der Waals surface area contributed by atoms with E-state index >= 15 is 0 Å². The molecular formula is C44H53F5N6O6.